The summed E-state index contributed by atoms with van der Waals surface area (Å²) in [5.74, 6) is 0.703. The first kappa shape index (κ1) is 13.5. The molecule has 0 saturated heterocycles. The van der Waals surface area contributed by atoms with Gasteiger partial charge in [0.2, 0.25) is 0 Å². The molecule has 1 aromatic carbocycles. The summed E-state index contributed by atoms with van der Waals surface area (Å²) < 4.78 is 0. The molecule has 0 bridgehead atoms. The van der Waals surface area contributed by atoms with Crippen molar-refractivity contribution in [2.24, 2.45) is 0 Å². The van der Waals surface area contributed by atoms with Gasteiger partial charge >= 0.3 is 0 Å². The molecule has 0 spiro atoms. The molecular weight excluding hydrogens is 260 g/mol. The van der Waals surface area contributed by atoms with Gasteiger partial charge in [0, 0.05) is 18.8 Å². The molecule has 0 saturated carbocycles. The lowest BCUT2D eigenvalue weighted by molar-refractivity contribution is 0.262. The topological polar surface area (TPSA) is 41.9 Å². The number of allylic oxidation sites excluding steroid dienone is 2. The molecule has 1 aliphatic heterocycles. The highest BCUT2D eigenvalue weighted by Crippen LogP contribution is 2.36. The Bertz CT molecular complexity index is 706. The molecule has 0 amide bonds. The summed E-state index contributed by atoms with van der Waals surface area (Å²) in [6.45, 7) is 4.35. The minimum atomic E-state index is -0.220. The number of aromatic nitrogens is 3. The third kappa shape index (κ3) is 2.33. The van der Waals surface area contributed by atoms with Crippen LogP contribution in [0.5, 0.6) is 0 Å². The summed E-state index contributed by atoms with van der Waals surface area (Å²) in [6.07, 6.45) is 9.38. The Morgan fingerprint density at radius 3 is 2.52 bits per heavy atom. The van der Waals surface area contributed by atoms with E-state index >= 15 is 0 Å². The Labute approximate surface area is 124 Å². The van der Waals surface area contributed by atoms with Gasteiger partial charge in [-0.3, -0.25) is 0 Å². The molecular formula is C17H18N4. The van der Waals surface area contributed by atoms with Crippen LogP contribution in [-0.4, -0.2) is 26.9 Å². The van der Waals surface area contributed by atoms with Gasteiger partial charge in [-0.2, -0.15) is 0 Å². The van der Waals surface area contributed by atoms with Crippen LogP contribution < -0.4 is 0 Å². The van der Waals surface area contributed by atoms with Gasteiger partial charge in [-0.1, -0.05) is 24.3 Å². The van der Waals surface area contributed by atoms with Gasteiger partial charge < -0.3 is 4.90 Å². The summed E-state index contributed by atoms with van der Waals surface area (Å²) in [7, 11) is 2.09. The number of hydrogen-bond acceptors (Lipinski definition) is 4. The van der Waals surface area contributed by atoms with Crippen LogP contribution in [0.15, 0.2) is 55.3 Å². The van der Waals surface area contributed by atoms with Crippen LogP contribution in [0.4, 0.5) is 0 Å². The molecule has 3 rings (SSSR count). The van der Waals surface area contributed by atoms with E-state index in [4.69, 9.17) is 0 Å². The van der Waals surface area contributed by atoms with Crippen molar-refractivity contribution in [3.63, 3.8) is 0 Å². The average Bonchev–Trinajstić information content (AvgIpc) is 2.51. The largest absolute Gasteiger partial charge is 0.368 e. The second-order valence-electron chi connectivity index (χ2n) is 5.45. The Morgan fingerprint density at radius 2 is 1.81 bits per heavy atom. The zero-order chi connectivity index (χ0) is 14.9. The van der Waals surface area contributed by atoms with Gasteiger partial charge in [0.05, 0.1) is 5.54 Å². The van der Waals surface area contributed by atoms with E-state index in [1.807, 2.05) is 6.08 Å². The maximum atomic E-state index is 4.25. The highest BCUT2D eigenvalue weighted by atomic mass is 15.2. The molecule has 0 radical (unpaired) electrons. The summed E-state index contributed by atoms with van der Waals surface area (Å²) >= 11 is 0. The van der Waals surface area contributed by atoms with E-state index in [-0.39, 0.29) is 5.54 Å². The number of likely N-dealkylation sites (N-methyl/N-ethyl adjacent to an activating group) is 1. The molecule has 4 nitrogen and oxygen atoms in total. The fourth-order valence-electron chi connectivity index (χ4n) is 2.74. The summed E-state index contributed by atoms with van der Waals surface area (Å²) in [6, 6.07) is 8.46. The third-order valence-corrected chi connectivity index (χ3v) is 4.09. The van der Waals surface area contributed by atoms with Gasteiger partial charge in [0.25, 0.3) is 0 Å². The lowest BCUT2D eigenvalue weighted by Gasteiger charge is -2.40. The number of hydrogen-bond donors (Lipinski definition) is 0. The lowest BCUT2D eigenvalue weighted by Crippen LogP contribution is -2.38. The van der Waals surface area contributed by atoms with Crippen LogP contribution >= 0.6 is 0 Å². The predicted octanol–water partition coefficient (Wildman–Crippen LogP) is 2.94. The first-order valence-electron chi connectivity index (χ1n) is 6.94. The highest BCUT2D eigenvalue weighted by Gasteiger charge is 2.31. The molecule has 0 aliphatic carbocycles. The fraction of sp³-hybridized carbons (Fsp3) is 0.235. The normalized spacial score (nSPS) is 21.3. The number of aryl methyl sites for hydroxylation is 1. The Hall–Kier alpha value is -2.49. The van der Waals surface area contributed by atoms with Gasteiger partial charge in [-0.05, 0) is 37.1 Å². The molecule has 2 aromatic rings. The predicted molar refractivity (Wildman–Crippen MR) is 83.2 cm³/mol. The van der Waals surface area contributed by atoms with Crippen molar-refractivity contribution in [1.29, 1.82) is 0 Å². The van der Waals surface area contributed by atoms with E-state index < -0.39 is 0 Å². The molecule has 2 heterocycles. The molecule has 1 unspecified atom stereocenters. The van der Waals surface area contributed by atoms with E-state index in [2.05, 4.69) is 77.3 Å². The maximum Gasteiger partial charge on any atom is 0.162 e. The molecule has 1 aliphatic rings. The molecule has 106 valence electrons. The van der Waals surface area contributed by atoms with Crippen molar-refractivity contribution >= 4 is 5.57 Å². The van der Waals surface area contributed by atoms with Gasteiger partial charge in [0.15, 0.2) is 5.82 Å². The SMILES string of the molecule is Cc1ccccc1C1(C)C=C(c2ncncn2)C=CN1C. The Balaban J connectivity index is 2.11. The van der Waals surface area contributed by atoms with Gasteiger partial charge in [0.1, 0.15) is 12.7 Å². The number of benzene rings is 1. The minimum Gasteiger partial charge on any atom is -0.368 e. The number of nitrogens with zero attached hydrogens (tertiary/aromatic N) is 4. The van der Waals surface area contributed by atoms with E-state index in [0.717, 1.165) is 5.57 Å². The van der Waals surface area contributed by atoms with E-state index in [1.54, 1.807) is 0 Å². The summed E-state index contributed by atoms with van der Waals surface area (Å²) in [5.41, 5.74) is 3.35. The summed E-state index contributed by atoms with van der Waals surface area (Å²) in [5, 5.41) is 0. The standard InChI is InChI=1S/C17H18N4/c1-13-6-4-5-7-15(13)17(2)10-14(8-9-21(17)3)16-19-11-18-12-20-16/h4-12H,1-3H3. The zero-order valence-corrected chi connectivity index (χ0v) is 12.5. The highest BCUT2D eigenvalue weighted by molar-refractivity contribution is 5.72. The minimum absolute atomic E-state index is 0.220. The van der Waals surface area contributed by atoms with Crippen molar-refractivity contribution < 1.29 is 0 Å². The van der Waals surface area contributed by atoms with Gasteiger partial charge in [-0.25, -0.2) is 15.0 Å². The van der Waals surface area contributed by atoms with Crippen molar-refractivity contribution in [3.05, 3.63) is 72.2 Å². The van der Waals surface area contributed by atoms with Crippen LogP contribution in [0.1, 0.15) is 23.9 Å². The fourth-order valence-corrected chi connectivity index (χ4v) is 2.74. The first-order chi connectivity index (χ1) is 10.1. The van der Waals surface area contributed by atoms with Gasteiger partial charge in [-0.15, -0.1) is 0 Å². The van der Waals surface area contributed by atoms with Crippen molar-refractivity contribution in [3.8, 4) is 0 Å². The van der Waals surface area contributed by atoms with Crippen molar-refractivity contribution in [1.82, 2.24) is 19.9 Å². The molecule has 0 fully saturated rings. The monoisotopic (exact) mass is 278 g/mol. The third-order valence-electron chi connectivity index (χ3n) is 4.09. The maximum absolute atomic E-state index is 4.25. The number of rotatable bonds is 2. The Morgan fingerprint density at radius 1 is 1.10 bits per heavy atom. The second-order valence-corrected chi connectivity index (χ2v) is 5.45. The van der Waals surface area contributed by atoms with E-state index in [0.29, 0.717) is 5.82 Å². The van der Waals surface area contributed by atoms with Crippen LogP contribution in [-0.2, 0) is 5.54 Å². The van der Waals surface area contributed by atoms with Crippen molar-refractivity contribution in [2.75, 3.05) is 7.05 Å². The summed E-state index contributed by atoms with van der Waals surface area (Å²) in [4.78, 5) is 14.6. The van der Waals surface area contributed by atoms with Crippen LogP contribution in [0, 0.1) is 6.92 Å². The lowest BCUT2D eigenvalue weighted by atomic mass is 9.84. The molecule has 4 heteroatoms. The van der Waals surface area contributed by atoms with Crippen LogP contribution in [0.2, 0.25) is 0 Å². The Kier molecular flexibility index (Phi) is 3.29. The smallest absolute Gasteiger partial charge is 0.162 e. The quantitative estimate of drug-likeness (QED) is 0.847. The average molecular weight is 278 g/mol. The van der Waals surface area contributed by atoms with E-state index in [1.165, 1.54) is 23.8 Å². The van der Waals surface area contributed by atoms with Crippen LogP contribution in [0.3, 0.4) is 0 Å². The van der Waals surface area contributed by atoms with Crippen molar-refractivity contribution in [2.45, 2.75) is 19.4 Å². The zero-order valence-electron chi connectivity index (χ0n) is 12.5. The second kappa shape index (κ2) is 5.13. The molecule has 21 heavy (non-hydrogen) atoms. The molecule has 0 N–H and O–H groups in total. The molecule has 1 aromatic heterocycles. The van der Waals surface area contributed by atoms with Crippen LogP contribution in [0.25, 0.3) is 5.57 Å². The van der Waals surface area contributed by atoms with E-state index in [9.17, 15) is 0 Å². The molecule has 1 atom stereocenters. The first-order valence-corrected chi connectivity index (χ1v) is 6.94.